The smallest absolute Gasteiger partial charge is 0.462 e. The van der Waals surface area contributed by atoms with E-state index in [0.717, 1.165) is 32.1 Å². The molecule has 10 heteroatoms. The van der Waals surface area contributed by atoms with Crippen LogP contribution in [0.2, 0.25) is 0 Å². The fraction of sp³-hybridized carbons (Fsp3) is 0.944. The molecule has 0 aromatic rings. The van der Waals surface area contributed by atoms with E-state index in [0.29, 0.717) is 23.9 Å². The van der Waals surface area contributed by atoms with Crippen LogP contribution in [0.25, 0.3) is 0 Å². The molecule has 0 radical (unpaired) electrons. The highest BCUT2D eigenvalue weighted by Gasteiger charge is 2.27. The zero-order valence-electron chi connectivity index (χ0n) is 30.6. The zero-order valence-corrected chi connectivity index (χ0v) is 31.5. The summed E-state index contributed by atoms with van der Waals surface area (Å²) in [5.74, 6) is -0.796. The molecule has 0 aliphatic carbocycles. The summed E-state index contributed by atoms with van der Waals surface area (Å²) >= 11 is 0. The Balaban J connectivity index is 4.36. The molecule has 0 fully saturated rings. The molecule has 0 rings (SSSR count). The Kier molecular flexibility index (Phi) is 29.4. The molecule has 0 saturated heterocycles. The molecule has 1 N–H and O–H groups in total. The van der Waals surface area contributed by atoms with E-state index in [1.807, 2.05) is 21.1 Å². The second kappa shape index (κ2) is 30.1. The monoisotopic (exact) mass is 679 g/mol. The Labute approximate surface area is 283 Å². The average Bonchev–Trinajstić information content (AvgIpc) is 2.99. The van der Waals surface area contributed by atoms with Crippen molar-refractivity contribution in [2.24, 2.45) is 0 Å². The van der Waals surface area contributed by atoms with Crippen LogP contribution in [-0.2, 0) is 32.7 Å². The van der Waals surface area contributed by atoms with E-state index < -0.39 is 26.5 Å². The Bertz CT molecular complexity index is 774. The predicted molar refractivity (Wildman–Crippen MR) is 188 cm³/mol. The summed E-state index contributed by atoms with van der Waals surface area (Å²) in [7, 11) is 1.49. The van der Waals surface area contributed by atoms with Crippen LogP contribution in [0.5, 0.6) is 0 Å². The van der Waals surface area contributed by atoms with Crippen molar-refractivity contribution in [1.82, 2.24) is 0 Å². The molecule has 0 aliphatic heterocycles. The van der Waals surface area contributed by atoms with E-state index in [2.05, 4.69) is 13.8 Å². The van der Waals surface area contributed by atoms with E-state index in [1.54, 1.807) is 0 Å². The maximum atomic E-state index is 12.5. The molecule has 0 aromatic heterocycles. The minimum Gasteiger partial charge on any atom is -0.462 e. The van der Waals surface area contributed by atoms with Gasteiger partial charge in [-0.15, -0.1) is 0 Å². The highest BCUT2D eigenvalue weighted by molar-refractivity contribution is 7.47. The van der Waals surface area contributed by atoms with E-state index in [-0.39, 0.29) is 25.6 Å². The lowest BCUT2D eigenvalue weighted by Gasteiger charge is -2.24. The topological polar surface area (TPSA) is 108 Å². The maximum Gasteiger partial charge on any atom is 0.472 e. The Morgan fingerprint density at radius 3 is 1.39 bits per heavy atom. The van der Waals surface area contributed by atoms with Crippen molar-refractivity contribution in [1.29, 1.82) is 0 Å². The summed E-state index contributed by atoms with van der Waals surface area (Å²) in [6, 6.07) is 0. The van der Waals surface area contributed by atoms with Gasteiger partial charge in [0.2, 0.25) is 0 Å². The molecule has 9 nitrogen and oxygen atoms in total. The normalized spacial score (nSPS) is 13.8. The third kappa shape index (κ3) is 32.9. The van der Waals surface area contributed by atoms with Crippen LogP contribution < -0.4 is 0 Å². The lowest BCUT2D eigenvalue weighted by atomic mass is 10.0. The highest BCUT2D eigenvalue weighted by Crippen LogP contribution is 2.43. The number of hydrogen-bond acceptors (Lipinski definition) is 7. The summed E-state index contributed by atoms with van der Waals surface area (Å²) in [6.45, 7) is 4.39. The second-order valence-electron chi connectivity index (χ2n) is 14.0. The molecule has 46 heavy (non-hydrogen) atoms. The number of phosphoric acid groups is 1. The number of likely N-dealkylation sites (N-methyl/N-ethyl adjacent to an activating group) is 1. The summed E-state index contributed by atoms with van der Waals surface area (Å²) in [6.07, 6.45) is 25.8. The third-order valence-corrected chi connectivity index (χ3v) is 9.12. The van der Waals surface area contributed by atoms with E-state index in [1.165, 1.54) is 103 Å². The van der Waals surface area contributed by atoms with E-state index in [4.69, 9.17) is 18.5 Å². The molecule has 0 bridgehead atoms. The van der Waals surface area contributed by atoms with Gasteiger partial charge in [-0.05, 0) is 12.8 Å². The number of unbranched alkanes of at least 4 members (excludes halogenated alkanes) is 20. The van der Waals surface area contributed by atoms with Gasteiger partial charge in [-0.1, -0.05) is 142 Å². The molecule has 0 aromatic carbocycles. The summed E-state index contributed by atoms with van der Waals surface area (Å²) < 4.78 is 34.0. The average molecular weight is 679 g/mol. The van der Waals surface area contributed by atoms with Gasteiger partial charge in [0.15, 0.2) is 6.10 Å². The number of ether oxygens (including phenoxy) is 2. The molecule has 274 valence electrons. The first-order valence-corrected chi connectivity index (χ1v) is 20.3. The fourth-order valence-corrected chi connectivity index (χ4v) is 5.87. The summed E-state index contributed by atoms with van der Waals surface area (Å²) in [5, 5.41) is 0. The van der Waals surface area contributed by atoms with Crippen molar-refractivity contribution < 1.29 is 42.1 Å². The predicted octanol–water partition coefficient (Wildman–Crippen LogP) is 9.68. The second-order valence-corrected chi connectivity index (χ2v) is 15.4. The van der Waals surface area contributed by atoms with Gasteiger partial charge in [-0.25, -0.2) is 4.57 Å². The molecular weight excluding hydrogens is 605 g/mol. The van der Waals surface area contributed by atoms with Gasteiger partial charge in [-0.2, -0.15) is 0 Å². The molecule has 0 aliphatic rings. The van der Waals surface area contributed by atoms with Crippen molar-refractivity contribution in [3.63, 3.8) is 0 Å². The summed E-state index contributed by atoms with van der Waals surface area (Å²) in [5.41, 5.74) is 0. The molecule has 0 spiro atoms. The molecule has 0 saturated carbocycles. The maximum absolute atomic E-state index is 12.5. The van der Waals surface area contributed by atoms with Crippen molar-refractivity contribution >= 4 is 19.8 Å². The van der Waals surface area contributed by atoms with Crippen LogP contribution in [0.15, 0.2) is 0 Å². The van der Waals surface area contributed by atoms with E-state index in [9.17, 15) is 19.0 Å². The van der Waals surface area contributed by atoms with Crippen LogP contribution >= 0.6 is 7.82 Å². The first-order chi connectivity index (χ1) is 22.0. The van der Waals surface area contributed by atoms with Gasteiger partial charge in [-0.3, -0.25) is 18.6 Å². The van der Waals surface area contributed by atoms with Gasteiger partial charge >= 0.3 is 19.8 Å². The quantitative estimate of drug-likeness (QED) is 0.0310. The lowest BCUT2D eigenvalue weighted by molar-refractivity contribution is -0.870. The Hall–Kier alpha value is -0.990. The molecular formula is C36H73NO8P+. The van der Waals surface area contributed by atoms with E-state index >= 15 is 0 Å². The number of quaternary nitrogens is 1. The van der Waals surface area contributed by atoms with Gasteiger partial charge in [0.25, 0.3) is 0 Å². The Morgan fingerprint density at radius 1 is 0.587 bits per heavy atom. The number of rotatable bonds is 34. The third-order valence-electron chi connectivity index (χ3n) is 8.14. The van der Waals surface area contributed by atoms with Crippen molar-refractivity contribution in [3.05, 3.63) is 0 Å². The van der Waals surface area contributed by atoms with Crippen LogP contribution in [0, 0.1) is 0 Å². The van der Waals surface area contributed by atoms with Crippen molar-refractivity contribution in [2.75, 3.05) is 47.5 Å². The number of hydrogen-bond donors (Lipinski definition) is 1. The number of esters is 2. The van der Waals surface area contributed by atoms with Crippen LogP contribution in [0.1, 0.15) is 168 Å². The number of phosphoric ester groups is 1. The lowest BCUT2D eigenvalue weighted by Crippen LogP contribution is -2.37. The molecule has 1 unspecified atom stereocenters. The molecule has 2 atom stereocenters. The number of nitrogens with zero attached hydrogens (tertiary/aromatic N) is 1. The Morgan fingerprint density at radius 2 is 0.978 bits per heavy atom. The zero-order chi connectivity index (χ0) is 34.4. The highest BCUT2D eigenvalue weighted by atomic mass is 31.2. The number of carbonyl (C=O) groups excluding carboxylic acids is 2. The fourth-order valence-electron chi connectivity index (χ4n) is 5.13. The largest absolute Gasteiger partial charge is 0.472 e. The van der Waals surface area contributed by atoms with Crippen LogP contribution in [0.3, 0.4) is 0 Å². The minimum absolute atomic E-state index is 0.0361. The van der Waals surface area contributed by atoms with Gasteiger partial charge < -0.3 is 18.9 Å². The van der Waals surface area contributed by atoms with Gasteiger partial charge in [0.05, 0.1) is 27.7 Å². The summed E-state index contributed by atoms with van der Waals surface area (Å²) in [4.78, 5) is 35.0. The van der Waals surface area contributed by atoms with Crippen LogP contribution in [0.4, 0.5) is 0 Å². The van der Waals surface area contributed by atoms with Crippen molar-refractivity contribution in [3.8, 4) is 0 Å². The van der Waals surface area contributed by atoms with Crippen LogP contribution in [-0.4, -0.2) is 74.9 Å². The standard InChI is InChI=1S/C36H72NO8P/c1-6-8-10-12-14-16-17-18-19-20-21-23-24-26-28-35(38)42-32-34(33-44-46(40,41)43-31-30-37(3,4)5)45-36(39)29-27-25-22-15-13-11-9-7-2/h34H,6-33H2,1-5H3/p+1/t34-/m1/s1. The van der Waals surface area contributed by atoms with Crippen molar-refractivity contribution in [2.45, 2.75) is 174 Å². The van der Waals surface area contributed by atoms with Gasteiger partial charge in [0, 0.05) is 12.8 Å². The first kappa shape index (κ1) is 45.0. The first-order valence-electron chi connectivity index (χ1n) is 18.8. The number of carbonyl (C=O) groups is 2. The van der Waals surface area contributed by atoms with Gasteiger partial charge in [0.1, 0.15) is 19.8 Å². The molecule has 0 heterocycles. The SMILES string of the molecule is CCCCCCCCCCCCCCCCC(=O)OC[C@H](COP(=O)(O)OCC[N+](C)(C)C)OC(=O)CCCCCCCCCC. The minimum atomic E-state index is -4.35. The molecule has 0 amide bonds.